The van der Waals surface area contributed by atoms with E-state index in [0.29, 0.717) is 5.56 Å². The summed E-state index contributed by atoms with van der Waals surface area (Å²) in [5.74, 6) is -1.17. The molecule has 0 unspecified atom stereocenters. The van der Waals surface area contributed by atoms with Crippen molar-refractivity contribution in [3.05, 3.63) is 53.1 Å². The second-order valence-corrected chi connectivity index (χ2v) is 6.73. The van der Waals surface area contributed by atoms with Gasteiger partial charge in [0.25, 0.3) is 10.0 Å². The second kappa shape index (κ2) is 6.29. The highest BCUT2D eigenvalue weighted by Crippen LogP contribution is 2.28. The molecule has 0 atom stereocenters. The normalized spacial score (nSPS) is 11.1. The van der Waals surface area contributed by atoms with Gasteiger partial charge in [0, 0.05) is 0 Å². The largest absolute Gasteiger partial charge is 0.545 e. The third-order valence-corrected chi connectivity index (χ3v) is 4.71. The first-order valence-electron chi connectivity index (χ1n) is 6.74. The minimum absolute atomic E-state index is 0.0155. The number of benzene rings is 2. The topological polar surface area (TPSA) is 95.5 Å². The van der Waals surface area contributed by atoms with E-state index in [2.05, 4.69) is 4.72 Å². The first-order chi connectivity index (χ1) is 10.7. The molecule has 0 aliphatic heterocycles. The summed E-state index contributed by atoms with van der Waals surface area (Å²) in [5, 5.41) is 10.9. The van der Waals surface area contributed by atoms with E-state index in [1.165, 1.54) is 31.4 Å². The lowest BCUT2D eigenvalue weighted by Crippen LogP contribution is -2.23. The molecule has 122 valence electrons. The van der Waals surface area contributed by atoms with Crippen LogP contribution in [0.1, 0.15) is 21.5 Å². The maximum absolute atomic E-state index is 12.6. The summed E-state index contributed by atoms with van der Waals surface area (Å²) in [6.07, 6.45) is 0. The molecule has 6 nitrogen and oxygen atoms in total. The molecule has 23 heavy (non-hydrogen) atoms. The molecule has 1 N–H and O–H groups in total. The second-order valence-electron chi connectivity index (χ2n) is 5.08. The van der Waals surface area contributed by atoms with Crippen LogP contribution < -0.4 is 14.6 Å². The van der Waals surface area contributed by atoms with E-state index >= 15 is 0 Å². The van der Waals surface area contributed by atoms with Crippen LogP contribution in [0.2, 0.25) is 0 Å². The summed E-state index contributed by atoms with van der Waals surface area (Å²) in [4.78, 5) is 10.9. The number of carbonyl (C=O) groups excluding carboxylic acids is 1. The molecule has 0 amide bonds. The predicted molar refractivity (Wildman–Crippen MR) is 84.0 cm³/mol. The Hall–Kier alpha value is -2.54. The first-order valence-corrected chi connectivity index (χ1v) is 8.22. The quantitative estimate of drug-likeness (QED) is 0.893. The number of carboxylic acids is 1. The molecule has 0 aliphatic rings. The SMILES string of the molecule is COc1ccc(C)cc1S(=O)(=O)Nc1cc(C(=O)[O-])ccc1C. The van der Waals surface area contributed by atoms with Gasteiger partial charge in [-0.1, -0.05) is 18.2 Å². The zero-order valence-corrected chi connectivity index (χ0v) is 13.7. The summed E-state index contributed by atoms with van der Waals surface area (Å²) < 4.78 is 32.7. The average molecular weight is 334 g/mol. The van der Waals surface area contributed by atoms with Crippen LogP contribution in [-0.2, 0) is 10.0 Å². The molecule has 0 saturated heterocycles. The number of nitrogens with one attached hydrogen (secondary N) is 1. The number of anilines is 1. The fourth-order valence-corrected chi connectivity index (χ4v) is 3.43. The van der Waals surface area contributed by atoms with Gasteiger partial charge in [0.05, 0.1) is 18.8 Å². The number of carboxylic acid groups (broad SMARTS) is 1. The predicted octanol–water partition coefficient (Wildman–Crippen LogP) is 1.48. The highest BCUT2D eigenvalue weighted by atomic mass is 32.2. The number of ether oxygens (including phenoxy) is 1. The van der Waals surface area contributed by atoms with E-state index in [-0.39, 0.29) is 21.9 Å². The molecule has 7 heteroatoms. The highest BCUT2D eigenvalue weighted by molar-refractivity contribution is 7.92. The number of aromatic carboxylic acids is 1. The molecule has 0 bridgehead atoms. The highest BCUT2D eigenvalue weighted by Gasteiger charge is 2.20. The maximum atomic E-state index is 12.6. The summed E-state index contributed by atoms with van der Waals surface area (Å²) in [7, 11) is -2.55. The Kier molecular flexibility index (Phi) is 4.60. The number of aryl methyl sites for hydroxylation is 2. The smallest absolute Gasteiger partial charge is 0.265 e. The van der Waals surface area contributed by atoms with E-state index in [1.54, 1.807) is 26.0 Å². The lowest BCUT2D eigenvalue weighted by molar-refractivity contribution is -0.255. The van der Waals surface area contributed by atoms with Crippen LogP contribution in [0.15, 0.2) is 41.3 Å². The number of sulfonamides is 1. The van der Waals surface area contributed by atoms with Gasteiger partial charge in [0.15, 0.2) is 0 Å². The Morgan fingerprint density at radius 3 is 2.43 bits per heavy atom. The van der Waals surface area contributed by atoms with Crippen molar-refractivity contribution in [2.75, 3.05) is 11.8 Å². The third-order valence-electron chi connectivity index (χ3n) is 3.33. The summed E-state index contributed by atoms with van der Waals surface area (Å²) in [6.45, 7) is 3.44. The minimum atomic E-state index is -3.93. The first kappa shape index (κ1) is 16.8. The van der Waals surface area contributed by atoms with Crippen LogP contribution in [0.3, 0.4) is 0 Å². The van der Waals surface area contributed by atoms with Crippen molar-refractivity contribution in [2.45, 2.75) is 18.7 Å². The fourth-order valence-electron chi connectivity index (χ4n) is 2.05. The van der Waals surface area contributed by atoms with Crippen LogP contribution >= 0.6 is 0 Å². The monoisotopic (exact) mass is 334 g/mol. The molecule has 0 fully saturated rings. The van der Waals surface area contributed by atoms with Crippen molar-refractivity contribution in [1.29, 1.82) is 0 Å². The van der Waals surface area contributed by atoms with E-state index in [4.69, 9.17) is 4.74 Å². The summed E-state index contributed by atoms with van der Waals surface area (Å²) in [5.41, 5.74) is 1.41. The van der Waals surface area contributed by atoms with Crippen molar-refractivity contribution >= 4 is 21.7 Å². The zero-order chi connectivity index (χ0) is 17.2. The molecular formula is C16H16NO5S-. The molecule has 0 aliphatic carbocycles. The van der Waals surface area contributed by atoms with E-state index in [1.807, 2.05) is 0 Å². The van der Waals surface area contributed by atoms with Gasteiger partial charge in [-0.3, -0.25) is 4.72 Å². The van der Waals surface area contributed by atoms with Gasteiger partial charge in [-0.25, -0.2) is 8.42 Å². The number of carbonyl (C=O) groups is 1. The standard InChI is InChI=1S/C16H17NO5S/c1-10-4-7-14(22-3)15(8-10)23(20,21)17-13-9-12(16(18)19)6-5-11(13)2/h4-9,17H,1-3H3,(H,18,19)/p-1. The van der Waals surface area contributed by atoms with E-state index < -0.39 is 16.0 Å². The Balaban J connectivity index is 2.49. The Morgan fingerprint density at radius 1 is 1.13 bits per heavy atom. The average Bonchev–Trinajstić information content (AvgIpc) is 2.49. The van der Waals surface area contributed by atoms with Crippen LogP contribution in [0.5, 0.6) is 5.75 Å². The molecular weight excluding hydrogens is 318 g/mol. The zero-order valence-electron chi connectivity index (χ0n) is 12.9. The molecule has 0 radical (unpaired) electrons. The van der Waals surface area contributed by atoms with Crippen molar-refractivity contribution < 1.29 is 23.1 Å². The van der Waals surface area contributed by atoms with Crippen molar-refractivity contribution in [3.8, 4) is 5.75 Å². The van der Waals surface area contributed by atoms with E-state index in [9.17, 15) is 18.3 Å². The molecule has 2 aromatic carbocycles. The van der Waals surface area contributed by atoms with E-state index in [0.717, 1.165) is 5.56 Å². The van der Waals surface area contributed by atoms with Gasteiger partial charge in [-0.05, 0) is 48.7 Å². The van der Waals surface area contributed by atoms with Crippen LogP contribution in [0.25, 0.3) is 0 Å². The van der Waals surface area contributed by atoms with Crippen molar-refractivity contribution in [1.82, 2.24) is 0 Å². The number of rotatable bonds is 5. The Bertz CT molecular complexity index is 859. The molecule has 0 spiro atoms. The summed E-state index contributed by atoms with van der Waals surface area (Å²) >= 11 is 0. The Morgan fingerprint density at radius 2 is 1.83 bits per heavy atom. The van der Waals surface area contributed by atoms with Crippen LogP contribution in [0.4, 0.5) is 5.69 Å². The van der Waals surface area contributed by atoms with Gasteiger partial charge >= 0.3 is 0 Å². The van der Waals surface area contributed by atoms with Gasteiger partial charge in [-0.15, -0.1) is 0 Å². The lowest BCUT2D eigenvalue weighted by Gasteiger charge is -2.15. The van der Waals surface area contributed by atoms with Gasteiger partial charge in [-0.2, -0.15) is 0 Å². The van der Waals surface area contributed by atoms with Gasteiger partial charge in [0.2, 0.25) is 0 Å². The molecule has 2 rings (SSSR count). The number of hydrogen-bond acceptors (Lipinski definition) is 5. The van der Waals surface area contributed by atoms with Gasteiger partial charge < -0.3 is 14.6 Å². The van der Waals surface area contributed by atoms with Crippen LogP contribution in [-0.4, -0.2) is 21.5 Å². The lowest BCUT2D eigenvalue weighted by atomic mass is 10.1. The minimum Gasteiger partial charge on any atom is -0.545 e. The maximum Gasteiger partial charge on any atom is 0.265 e. The van der Waals surface area contributed by atoms with Crippen molar-refractivity contribution in [2.24, 2.45) is 0 Å². The van der Waals surface area contributed by atoms with Crippen LogP contribution in [0, 0.1) is 13.8 Å². The molecule has 0 aromatic heterocycles. The fraction of sp³-hybridized carbons (Fsp3) is 0.188. The summed E-state index contributed by atoms with van der Waals surface area (Å²) in [6, 6.07) is 8.88. The van der Waals surface area contributed by atoms with Crippen molar-refractivity contribution in [3.63, 3.8) is 0 Å². The molecule has 0 saturated carbocycles. The Labute approximate surface area is 134 Å². The number of hydrogen-bond donors (Lipinski definition) is 1. The van der Waals surface area contributed by atoms with Gasteiger partial charge in [0.1, 0.15) is 10.6 Å². The molecule has 0 heterocycles. The molecule has 2 aromatic rings. The number of methoxy groups -OCH3 is 1. The third kappa shape index (κ3) is 3.62.